The minimum atomic E-state index is -0.227. The summed E-state index contributed by atoms with van der Waals surface area (Å²) < 4.78 is 5.42. The third kappa shape index (κ3) is 4.33. The lowest BCUT2D eigenvalue weighted by Crippen LogP contribution is -2.23. The molecule has 1 fully saturated rings. The van der Waals surface area contributed by atoms with E-state index in [-0.39, 0.29) is 5.91 Å². The summed E-state index contributed by atoms with van der Waals surface area (Å²) in [6.07, 6.45) is 6.59. The molecule has 1 aliphatic carbocycles. The summed E-state index contributed by atoms with van der Waals surface area (Å²) in [5.41, 5.74) is 4.89. The van der Waals surface area contributed by atoms with E-state index in [0.29, 0.717) is 23.9 Å². The second-order valence-electron chi connectivity index (χ2n) is 7.71. The van der Waals surface area contributed by atoms with Crippen molar-refractivity contribution < 1.29 is 9.32 Å². The molecule has 0 spiro atoms. The average molecular weight is 374 g/mol. The van der Waals surface area contributed by atoms with Crippen molar-refractivity contribution in [1.29, 1.82) is 0 Å². The van der Waals surface area contributed by atoms with Gasteiger partial charge in [-0.15, -0.1) is 0 Å². The summed E-state index contributed by atoms with van der Waals surface area (Å²) in [6.45, 7) is 2.51. The van der Waals surface area contributed by atoms with E-state index in [1.165, 1.54) is 43.2 Å². The Kier molecular flexibility index (Phi) is 5.56. The molecule has 28 heavy (non-hydrogen) atoms. The number of aromatic nitrogens is 1. The van der Waals surface area contributed by atoms with Crippen LogP contribution in [-0.4, -0.2) is 11.1 Å². The van der Waals surface area contributed by atoms with Crippen LogP contribution in [0.2, 0.25) is 0 Å². The first kappa shape index (κ1) is 18.5. The predicted molar refractivity (Wildman–Crippen MR) is 110 cm³/mol. The standard InChI is InChI=1S/C24H26N2O2/c1-17-6-5-7-18(14-17)16-25-24(27)22-15-23(28-26-22)21-12-10-20(11-13-21)19-8-3-2-4-9-19/h5-7,10-15,19H,2-4,8-9,16H2,1H3,(H,25,27). The average Bonchev–Trinajstić information content (AvgIpc) is 3.23. The molecule has 0 saturated heterocycles. The monoisotopic (exact) mass is 374 g/mol. The topological polar surface area (TPSA) is 55.1 Å². The van der Waals surface area contributed by atoms with Crippen LogP contribution in [0.25, 0.3) is 11.3 Å². The lowest BCUT2D eigenvalue weighted by molar-refractivity contribution is 0.0942. The largest absolute Gasteiger partial charge is 0.355 e. The van der Waals surface area contributed by atoms with E-state index in [9.17, 15) is 4.79 Å². The second-order valence-corrected chi connectivity index (χ2v) is 7.71. The van der Waals surface area contributed by atoms with E-state index >= 15 is 0 Å². The van der Waals surface area contributed by atoms with Crippen LogP contribution in [0.1, 0.15) is 65.2 Å². The first-order valence-electron chi connectivity index (χ1n) is 10.1. The van der Waals surface area contributed by atoms with Gasteiger partial charge >= 0.3 is 0 Å². The van der Waals surface area contributed by atoms with Gasteiger partial charge < -0.3 is 9.84 Å². The maximum atomic E-state index is 12.4. The third-order valence-electron chi connectivity index (χ3n) is 5.55. The third-order valence-corrected chi connectivity index (χ3v) is 5.55. The van der Waals surface area contributed by atoms with Crippen molar-refractivity contribution in [3.8, 4) is 11.3 Å². The van der Waals surface area contributed by atoms with E-state index < -0.39 is 0 Å². The molecule has 1 aliphatic rings. The van der Waals surface area contributed by atoms with Crippen LogP contribution in [0.3, 0.4) is 0 Å². The first-order chi connectivity index (χ1) is 13.7. The van der Waals surface area contributed by atoms with E-state index in [0.717, 1.165) is 11.1 Å². The van der Waals surface area contributed by atoms with Crippen molar-refractivity contribution in [3.63, 3.8) is 0 Å². The summed E-state index contributed by atoms with van der Waals surface area (Å²) in [7, 11) is 0. The summed E-state index contributed by atoms with van der Waals surface area (Å²) in [4.78, 5) is 12.4. The number of nitrogens with one attached hydrogen (secondary N) is 1. The van der Waals surface area contributed by atoms with Crippen LogP contribution in [0.5, 0.6) is 0 Å². The molecule has 4 heteroatoms. The van der Waals surface area contributed by atoms with Gasteiger partial charge in [0, 0.05) is 18.2 Å². The van der Waals surface area contributed by atoms with Crippen molar-refractivity contribution in [1.82, 2.24) is 10.5 Å². The summed E-state index contributed by atoms with van der Waals surface area (Å²) >= 11 is 0. The molecule has 0 unspecified atom stereocenters. The number of nitrogens with zero attached hydrogens (tertiary/aromatic N) is 1. The second kappa shape index (κ2) is 8.42. The Hall–Kier alpha value is -2.88. The number of hydrogen-bond acceptors (Lipinski definition) is 3. The SMILES string of the molecule is Cc1cccc(CNC(=O)c2cc(-c3ccc(C4CCCCC4)cc3)on2)c1. The van der Waals surface area contributed by atoms with Gasteiger partial charge in [-0.05, 0) is 36.8 Å². The molecule has 3 aromatic rings. The molecule has 1 N–H and O–H groups in total. The quantitative estimate of drug-likeness (QED) is 0.630. The molecule has 1 aromatic heterocycles. The van der Waals surface area contributed by atoms with Crippen molar-refractivity contribution >= 4 is 5.91 Å². The molecule has 1 saturated carbocycles. The first-order valence-corrected chi connectivity index (χ1v) is 10.1. The fourth-order valence-corrected chi connectivity index (χ4v) is 3.97. The Morgan fingerprint density at radius 3 is 2.61 bits per heavy atom. The minimum Gasteiger partial charge on any atom is -0.355 e. The zero-order valence-corrected chi connectivity index (χ0v) is 16.3. The predicted octanol–water partition coefficient (Wildman–Crippen LogP) is 5.63. The highest BCUT2D eigenvalue weighted by Gasteiger charge is 2.17. The molecule has 0 bridgehead atoms. The molecule has 1 heterocycles. The van der Waals surface area contributed by atoms with Gasteiger partial charge in [-0.25, -0.2) is 0 Å². The Bertz CT molecular complexity index is 937. The Labute approximate surface area is 166 Å². The van der Waals surface area contributed by atoms with Crippen molar-refractivity contribution in [3.05, 3.63) is 77.0 Å². The van der Waals surface area contributed by atoms with Gasteiger partial charge in [-0.2, -0.15) is 0 Å². The molecule has 4 rings (SSSR count). The van der Waals surface area contributed by atoms with Crippen molar-refractivity contribution in [2.24, 2.45) is 0 Å². The van der Waals surface area contributed by atoms with E-state index in [1.807, 2.05) is 25.1 Å². The van der Waals surface area contributed by atoms with Crippen LogP contribution >= 0.6 is 0 Å². The zero-order valence-electron chi connectivity index (χ0n) is 16.3. The molecular formula is C24H26N2O2. The highest BCUT2D eigenvalue weighted by molar-refractivity contribution is 5.93. The van der Waals surface area contributed by atoms with E-state index in [1.54, 1.807) is 6.07 Å². The number of benzene rings is 2. The van der Waals surface area contributed by atoms with Gasteiger partial charge in [0.1, 0.15) is 0 Å². The maximum Gasteiger partial charge on any atom is 0.273 e. The van der Waals surface area contributed by atoms with Gasteiger partial charge in [-0.3, -0.25) is 4.79 Å². The number of carbonyl (C=O) groups excluding carboxylic acids is 1. The molecule has 0 aliphatic heterocycles. The Morgan fingerprint density at radius 2 is 1.86 bits per heavy atom. The highest BCUT2D eigenvalue weighted by atomic mass is 16.5. The van der Waals surface area contributed by atoms with E-state index in [2.05, 4.69) is 40.8 Å². The number of carbonyl (C=O) groups is 1. The van der Waals surface area contributed by atoms with Crippen LogP contribution in [0, 0.1) is 6.92 Å². The minimum absolute atomic E-state index is 0.227. The van der Waals surface area contributed by atoms with Crippen molar-refractivity contribution in [2.45, 2.75) is 51.5 Å². The Morgan fingerprint density at radius 1 is 1.07 bits per heavy atom. The van der Waals surface area contributed by atoms with Gasteiger partial charge in [0.25, 0.3) is 5.91 Å². The lowest BCUT2D eigenvalue weighted by atomic mass is 9.84. The van der Waals surface area contributed by atoms with E-state index in [4.69, 9.17) is 4.52 Å². The fourth-order valence-electron chi connectivity index (χ4n) is 3.97. The van der Waals surface area contributed by atoms with Crippen molar-refractivity contribution in [2.75, 3.05) is 0 Å². The fraction of sp³-hybridized carbons (Fsp3) is 0.333. The van der Waals surface area contributed by atoms with Gasteiger partial charge in [-0.1, -0.05) is 78.5 Å². The molecule has 1 amide bonds. The highest BCUT2D eigenvalue weighted by Crippen LogP contribution is 2.33. The summed E-state index contributed by atoms with van der Waals surface area (Å²) in [5, 5.41) is 6.85. The normalized spacial score (nSPS) is 14.8. The Balaban J connectivity index is 1.40. The summed E-state index contributed by atoms with van der Waals surface area (Å²) in [6, 6.07) is 18.3. The maximum absolute atomic E-state index is 12.4. The number of amides is 1. The molecule has 0 atom stereocenters. The molecule has 144 valence electrons. The number of rotatable bonds is 5. The molecule has 0 radical (unpaired) electrons. The van der Waals surface area contributed by atoms with Gasteiger partial charge in [0.2, 0.25) is 0 Å². The van der Waals surface area contributed by atoms with Crippen LogP contribution in [0.4, 0.5) is 0 Å². The number of hydrogen-bond donors (Lipinski definition) is 1. The van der Waals surface area contributed by atoms with Crippen LogP contribution in [0.15, 0.2) is 59.1 Å². The summed E-state index contributed by atoms with van der Waals surface area (Å²) in [5.74, 6) is 1.08. The van der Waals surface area contributed by atoms with Gasteiger partial charge in [0.05, 0.1) is 0 Å². The van der Waals surface area contributed by atoms with Gasteiger partial charge in [0.15, 0.2) is 11.5 Å². The smallest absolute Gasteiger partial charge is 0.273 e. The lowest BCUT2D eigenvalue weighted by Gasteiger charge is -2.21. The molecular weight excluding hydrogens is 348 g/mol. The number of aryl methyl sites for hydroxylation is 1. The zero-order chi connectivity index (χ0) is 19.3. The van der Waals surface area contributed by atoms with Crippen LogP contribution in [-0.2, 0) is 6.54 Å². The molecule has 2 aromatic carbocycles. The molecule has 4 nitrogen and oxygen atoms in total. The van der Waals surface area contributed by atoms with Crippen LogP contribution < -0.4 is 5.32 Å².